The van der Waals surface area contributed by atoms with Gasteiger partial charge in [0.05, 0.1) is 0 Å². The average Bonchev–Trinajstić information content (AvgIpc) is 3.26. The van der Waals surface area contributed by atoms with Crippen molar-refractivity contribution in [3.05, 3.63) is 108 Å². The Bertz CT molecular complexity index is 1820. The molecule has 0 atom stereocenters. The van der Waals surface area contributed by atoms with Crippen LogP contribution in [0, 0.1) is 0 Å². The van der Waals surface area contributed by atoms with E-state index in [9.17, 15) is 38.4 Å². The molecule has 346 valence electrons. The fraction of sp³-hybridized carbons (Fsp3) is 0.409. The van der Waals surface area contributed by atoms with Crippen LogP contribution in [0.25, 0.3) is 0 Å². The number of benzene rings is 3. The summed E-state index contributed by atoms with van der Waals surface area (Å²) < 4.78 is 37.4. The molecule has 20 heteroatoms. The van der Waals surface area contributed by atoms with Gasteiger partial charge in [0.1, 0.15) is 77.0 Å². The van der Waals surface area contributed by atoms with Crippen LogP contribution in [0.4, 0.5) is 19.2 Å². The van der Waals surface area contributed by atoms with Gasteiger partial charge in [-0.25, -0.2) is 19.2 Å². The second-order valence-electron chi connectivity index (χ2n) is 15.4. The molecule has 0 aliphatic heterocycles. The molecule has 0 saturated heterocycles. The Morgan fingerprint density at radius 2 is 0.797 bits per heavy atom. The van der Waals surface area contributed by atoms with Crippen LogP contribution in [0.15, 0.2) is 91.0 Å². The summed E-state index contributed by atoms with van der Waals surface area (Å²) in [6.07, 6.45) is -3.55. The molecule has 3 rings (SSSR count). The summed E-state index contributed by atoms with van der Waals surface area (Å²) in [5.41, 5.74) is -0.905. The van der Waals surface area contributed by atoms with Gasteiger partial charge in [-0.05, 0) is 37.5 Å². The number of nitrogens with one attached hydrogen (secondary N) is 2. The molecule has 0 aromatic heterocycles. The van der Waals surface area contributed by atoms with Crippen LogP contribution in [0.5, 0.6) is 0 Å². The van der Waals surface area contributed by atoms with Crippen molar-refractivity contribution >= 4 is 48.2 Å². The molecule has 0 fully saturated rings. The molecule has 64 heavy (non-hydrogen) atoms. The molecule has 0 saturated carbocycles. The predicted octanol–water partition coefficient (Wildman–Crippen LogP) is 3.80. The minimum absolute atomic E-state index is 0.0812. The van der Waals surface area contributed by atoms with Gasteiger partial charge in [-0.2, -0.15) is 0 Å². The van der Waals surface area contributed by atoms with Gasteiger partial charge in [-0.15, -0.1) is 0 Å². The third-order valence-electron chi connectivity index (χ3n) is 8.37. The molecule has 3 aromatic rings. The van der Waals surface area contributed by atoms with Crippen molar-refractivity contribution in [2.45, 2.75) is 51.7 Å². The number of likely N-dealkylation sites (N-methyl/N-ethyl adjacent to an activating group) is 3. The van der Waals surface area contributed by atoms with Gasteiger partial charge >= 0.3 is 42.3 Å². The number of carbonyl (C=O) groups is 8. The van der Waals surface area contributed by atoms with Crippen LogP contribution in [-0.2, 0) is 72.2 Å². The van der Waals surface area contributed by atoms with Crippen LogP contribution >= 0.6 is 0 Å². The Morgan fingerprint density at radius 1 is 0.484 bits per heavy atom. The van der Waals surface area contributed by atoms with Crippen molar-refractivity contribution in [3.63, 3.8) is 0 Å². The van der Waals surface area contributed by atoms with Gasteiger partial charge in [0.2, 0.25) is 5.91 Å². The molecule has 3 aromatic carbocycles. The lowest BCUT2D eigenvalue weighted by atomic mass is 10.0. The van der Waals surface area contributed by atoms with E-state index in [1.807, 2.05) is 0 Å². The van der Waals surface area contributed by atoms with E-state index < -0.39 is 105 Å². The van der Waals surface area contributed by atoms with E-state index in [2.05, 4.69) is 10.6 Å². The second-order valence-corrected chi connectivity index (χ2v) is 15.4. The van der Waals surface area contributed by atoms with Crippen molar-refractivity contribution in [1.82, 2.24) is 25.3 Å². The topological polar surface area (TPSA) is 235 Å². The molecule has 0 radical (unpaired) electrons. The van der Waals surface area contributed by atoms with Gasteiger partial charge in [0, 0.05) is 21.1 Å². The third-order valence-corrected chi connectivity index (χ3v) is 8.37. The van der Waals surface area contributed by atoms with E-state index in [4.69, 9.17) is 33.2 Å². The fourth-order valence-electron chi connectivity index (χ4n) is 5.10. The molecule has 20 nitrogen and oxygen atoms in total. The molecule has 0 unspecified atom stereocenters. The van der Waals surface area contributed by atoms with E-state index in [1.54, 1.807) is 112 Å². The summed E-state index contributed by atoms with van der Waals surface area (Å²) in [6, 6.07) is 26.4. The summed E-state index contributed by atoms with van der Waals surface area (Å²) >= 11 is 0. The Kier molecular flexibility index (Phi) is 20.3. The first kappa shape index (κ1) is 51.0. The van der Waals surface area contributed by atoms with Crippen molar-refractivity contribution in [2.24, 2.45) is 0 Å². The predicted molar refractivity (Wildman–Crippen MR) is 226 cm³/mol. The largest absolute Gasteiger partial charge is 0.462 e. The number of ether oxygens (including phenoxy) is 7. The fourth-order valence-corrected chi connectivity index (χ4v) is 5.10. The van der Waals surface area contributed by atoms with Gasteiger partial charge in [0.25, 0.3) is 0 Å². The van der Waals surface area contributed by atoms with E-state index in [0.29, 0.717) is 16.7 Å². The summed E-state index contributed by atoms with van der Waals surface area (Å²) in [6.45, 7) is -0.622. The molecule has 0 aliphatic carbocycles. The maximum absolute atomic E-state index is 13.4. The highest BCUT2D eigenvalue weighted by Gasteiger charge is 2.38. The highest BCUT2D eigenvalue weighted by Crippen LogP contribution is 2.13. The van der Waals surface area contributed by atoms with Crippen LogP contribution in [0.3, 0.4) is 0 Å². The zero-order valence-electron chi connectivity index (χ0n) is 36.7. The second kappa shape index (κ2) is 25.5. The molecule has 2 N–H and O–H groups in total. The normalized spacial score (nSPS) is 10.8. The van der Waals surface area contributed by atoms with Gasteiger partial charge < -0.3 is 58.5 Å². The number of rotatable bonds is 21. The number of esters is 3. The van der Waals surface area contributed by atoms with Crippen LogP contribution in [0.2, 0.25) is 0 Å². The van der Waals surface area contributed by atoms with Crippen molar-refractivity contribution < 1.29 is 71.5 Å². The minimum Gasteiger partial charge on any atom is -0.462 e. The molecule has 0 heterocycles. The van der Waals surface area contributed by atoms with Crippen LogP contribution in [0.1, 0.15) is 37.5 Å². The Labute approximate surface area is 371 Å². The summed E-state index contributed by atoms with van der Waals surface area (Å²) in [4.78, 5) is 106. The highest BCUT2D eigenvalue weighted by molar-refractivity contribution is 5.83. The smallest absolute Gasteiger partial charge is 0.410 e. The maximum Gasteiger partial charge on any atom is 0.410 e. The molecular weight excluding hydrogens is 839 g/mol. The third kappa shape index (κ3) is 20.0. The quantitative estimate of drug-likeness (QED) is 0.114. The Morgan fingerprint density at radius 3 is 1.09 bits per heavy atom. The maximum atomic E-state index is 13.4. The first-order valence-corrected chi connectivity index (χ1v) is 19.8. The highest BCUT2D eigenvalue weighted by atomic mass is 16.6. The monoisotopic (exact) mass is 893 g/mol. The lowest BCUT2D eigenvalue weighted by Gasteiger charge is -2.33. The molecule has 5 amide bonds. The van der Waals surface area contributed by atoms with Crippen LogP contribution in [-0.4, -0.2) is 141 Å². The number of amides is 5. The molecular formula is C44H55N5O15. The van der Waals surface area contributed by atoms with Gasteiger partial charge in [-0.3, -0.25) is 19.2 Å². The number of hydrogen-bond donors (Lipinski definition) is 2. The Balaban J connectivity index is 1.78. The zero-order valence-corrected chi connectivity index (χ0v) is 36.7. The number of alkyl carbamates (subject to hydrolysis) is 1. The van der Waals surface area contributed by atoms with E-state index in [-0.39, 0.29) is 19.8 Å². The average molecular weight is 894 g/mol. The van der Waals surface area contributed by atoms with Crippen molar-refractivity contribution in [2.75, 3.05) is 67.1 Å². The van der Waals surface area contributed by atoms with E-state index in [1.165, 1.54) is 21.1 Å². The van der Waals surface area contributed by atoms with Gasteiger partial charge in [0.15, 0.2) is 0 Å². The summed E-state index contributed by atoms with van der Waals surface area (Å²) in [5, 5.41) is 4.77. The molecule has 0 spiro atoms. The molecule has 0 bridgehead atoms. The first-order valence-electron chi connectivity index (χ1n) is 19.8. The summed E-state index contributed by atoms with van der Waals surface area (Å²) in [5.74, 6) is -4.02. The van der Waals surface area contributed by atoms with E-state index >= 15 is 0 Å². The van der Waals surface area contributed by atoms with Crippen molar-refractivity contribution in [1.29, 1.82) is 0 Å². The van der Waals surface area contributed by atoms with Crippen molar-refractivity contribution in [3.8, 4) is 0 Å². The minimum atomic E-state index is -2.08. The number of nitrogens with zero attached hydrogens (tertiary/aromatic N) is 3. The van der Waals surface area contributed by atoms with Crippen LogP contribution < -0.4 is 10.6 Å². The number of hydrogen-bond acceptors (Lipinski definition) is 15. The first-order chi connectivity index (χ1) is 30.3. The molecule has 0 aliphatic rings. The van der Waals surface area contributed by atoms with Gasteiger partial charge in [-0.1, -0.05) is 91.0 Å². The number of carbonyl (C=O) groups excluding carboxylic acids is 8. The lowest BCUT2D eigenvalue weighted by molar-refractivity contribution is -0.159. The lowest BCUT2D eigenvalue weighted by Crippen LogP contribution is -2.61. The van der Waals surface area contributed by atoms with E-state index in [0.717, 1.165) is 14.7 Å². The Hall–Kier alpha value is -7.38. The SMILES string of the molecule is CN(CC(=O)OCC(COC(=O)CN(C)C(=O)OCc1ccccc1)(COC(=O)CN(C)C(=O)OCc1ccccc1)NC(=O)CNC(=O)OC(C)(C)C)C(=O)OCc1ccccc1. The summed E-state index contributed by atoms with van der Waals surface area (Å²) in [7, 11) is 3.83. The standard InChI is InChI=1S/C44H55N5O15/c1-43(2,3)64-39(54)45-22-35(50)46-44(29-61-36(51)23-47(4)40(55)58-26-32-16-10-7-11-17-32,30-62-37(52)24-48(5)41(56)59-27-33-18-12-8-13-19-33)31-63-38(53)25-49(6)42(57)60-28-34-20-14-9-15-21-34/h7-21H,22-31H2,1-6H3,(H,45,54)(H,46,50). The zero-order chi connectivity index (χ0) is 47.1.